The Kier molecular flexibility index (Phi) is 3.59. The summed E-state index contributed by atoms with van der Waals surface area (Å²) in [4.78, 5) is 19.5. The van der Waals surface area contributed by atoms with Crippen LogP contribution in [0.4, 0.5) is 0 Å². The Morgan fingerprint density at radius 2 is 2.25 bits per heavy atom. The van der Waals surface area contributed by atoms with Crippen LogP contribution in [0.3, 0.4) is 0 Å². The number of aryl methyl sites for hydroxylation is 2. The minimum atomic E-state index is 0.239. The predicted molar refractivity (Wildman–Crippen MR) is 65.7 cm³/mol. The van der Waals surface area contributed by atoms with E-state index in [-0.39, 0.29) is 5.91 Å². The van der Waals surface area contributed by atoms with Crippen LogP contribution in [0.2, 0.25) is 0 Å². The number of hydrogen-bond acceptors (Lipinski definition) is 3. The molecule has 1 aromatic rings. The second kappa shape index (κ2) is 4.95. The van der Waals surface area contributed by atoms with Gasteiger partial charge in [0.1, 0.15) is 0 Å². The topological polar surface area (TPSA) is 33.2 Å². The average Bonchev–Trinajstić information content (AvgIpc) is 2.44. The number of rotatable bonds is 4. The Labute approximate surface area is 100 Å². The number of hydrogen-bond donors (Lipinski definition) is 0. The summed E-state index contributed by atoms with van der Waals surface area (Å²) in [5.41, 5.74) is 0.991. The second-order valence-electron chi connectivity index (χ2n) is 4.27. The second-order valence-corrected chi connectivity index (χ2v) is 5.56. The lowest BCUT2D eigenvalue weighted by Gasteiger charge is -2.30. The Bertz CT molecular complexity index is 382. The minimum Gasteiger partial charge on any atom is -0.342 e. The van der Waals surface area contributed by atoms with Crippen LogP contribution in [0.5, 0.6) is 0 Å². The zero-order valence-electron chi connectivity index (χ0n) is 9.95. The van der Waals surface area contributed by atoms with Crippen molar-refractivity contribution in [3.63, 3.8) is 0 Å². The normalized spacial score (nSPS) is 15.0. The molecule has 1 amide bonds. The van der Waals surface area contributed by atoms with Gasteiger partial charge in [-0.05, 0) is 26.2 Å². The van der Waals surface area contributed by atoms with Crippen molar-refractivity contribution in [3.8, 4) is 0 Å². The van der Waals surface area contributed by atoms with Crippen molar-refractivity contribution in [3.05, 3.63) is 15.6 Å². The van der Waals surface area contributed by atoms with E-state index < -0.39 is 0 Å². The molecule has 0 bridgehead atoms. The van der Waals surface area contributed by atoms with Gasteiger partial charge in [-0.2, -0.15) is 0 Å². The van der Waals surface area contributed by atoms with Gasteiger partial charge >= 0.3 is 0 Å². The van der Waals surface area contributed by atoms with E-state index in [1.807, 2.05) is 4.90 Å². The fourth-order valence-corrected chi connectivity index (χ4v) is 2.84. The fourth-order valence-electron chi connectivity index (χ4n) is 1.79. The summed E-state index contributed by atoms with van der Waals surface area (Å²) in [6.07, 6.45) is 3.80. The molecular weight excluding hydrogens is 220 g/mol. The van der Waals surface area contributed by atoms with E-state index >= 15 is 0 Å². The summed E-state index contributed by atoms with van der Waals surface area (Å²) >= 11 is 1.74. The number of carbonyl (C=O) groups is 1. The van der Waals surface area contributed by atoms with Crippen molar-refractivity contribution < 1.29 is 4.79 Å². The van der Waals surface area contributed by atoms with Crippen LogP contribution in [0, 0.1) is 6.92 Å². The third-order valence-corrected chi connectivity index (χ3v) is 4.00. The van der Waals surface area contributed by atoms with Gasteiger partial charge in [-0.3, -0.25) is 4.79 Å². The maximum absolute atomic E-state index is 11.8. The molecule has 1 aliphatic rings. The van der Waals surface area contributed by atoms with Crippen molar-refractivity contribution in [2.75, 3.05) is 13.1 Å². The van der Waals surface area contributed by atoms with E-state index in [0.717, 1.165) is 38.0 Å². The highest BCUT2D eigenvalue weighted by molar-refractivity contribution is 7.11. The number of likely N-dealkylation sites (tertiary alicyclic amines) is 1. The van der Waals surface area contributed by atoms with E-state index in [1.54, 1.807) is 11.3 Å². The molecule has 2 rings (SSSR count). The van der Waals surface area contributed by atoms with Crippen LogP contribution >= 0.6 is 11.3 Å². The number of nitrogens with zero attached hydrogens (tertiary/aromatic N) is 2. The highest BCUT2D eigenvalue weighted by atomic mass is 32.1. The molecule has 0 saturated carbocycles. The van der Waals surface area contributed by atoms with Crippen LogP contribution in [0.15, 0.2) is 0 Å². The number of thiazole rings is 1. The molecule has 1 aliphatic heterocycles. The van der Waals surface area contributed by atoms with Gasteiger partial charge in [0.15, 0.2) is 0 Å². The van der Waals surface area contributed by atoms with Crippen LogP contribution in [0.25, 0.3) is 0 Å². The smallest absolute Gasteiger partial charge is 0.228 e. The van der Waals surface area contributed by atoms with Crippen molar-refractivity contribution >= 4 is 17.2 Å². The van der Waals surface area contributed by atoms with E-state index in [0.29, 0.717) is 6.42 Å². The van der Waals surface area contributed by atoms with Crippen molar-refractivity contribution in [2.45, 2.75) is 39.5 Å². The Hall–Kier alpha value is -0.900. The fraction of sp³-hybridized carbons (Fsp3) is 0.667. The van der Waals surface area contributed by atoms with E-state index in [2.05, 4.69) is 18.8 Å². The highest BCUT2D eigenvalue weighted by Crippen LogP contribution is 2.20. The van der Waals surface area contributed by atoms with Gasteiger partial charge in [-0.25, -0.2) is 4.98 Å². The van der Waals surface area contributed by atoms with Crippen molar-refractivity contribution in [1.29, 1.82) is 0 Å². The van der Waals surface area contributed by atoms with Gasteiger partial charge in [-0.15, -0.1) is 11.3 Å². The molecule has 16 heavy (non-hydrogen) atoms. The van der Waals surface area contributed by atoms with Gasteiger partial charge in [0.2, 0.25) is 5.91 Å². The van der Waals surface area contributed by atoms with Crippen molar-refractivity contribution in [1.82, 2.24) is 9.88 Å². The molecule has 4 heteroatoms. The number of carbonyl (C=O) groups excluding carboxylic acids is 1. The molecule has 1 aromatic heterocycles. The summed E-state index contributed by atoms with van der Waals surface area (Å²) in [5.74, 6) is 0.239. The molecule has 0 atom stereocenters. The van der Waals surface area contributed by atoms with Crippen LogP contribution in [-0.2, 0) is 17.6 Å². The summed E-state index contributed by atoms with van der Waals surface area (Å²) in [5, 5.41) is 1.17. The quantitative estimate of drug-likeness (QED) is 0.805. The van der Waals surface area contributed by atoms with Gasteiger partial charge in [0.25, 0.3) is 0 Å². The van der Waals surface area contributed by atoms with Gasteiger partial charge < -0.3 is 4.90 Å². The SMILES string of the molecule is CCCc1nc(CC(=O)N2CCC2)c(C)s1. The Morgan fingerprint density at radius 1 is 1.50 bits per heavy atom. The third kappa shape index (κ3) is 2.43. The number of aromatic nitrogens is 1. The lowest BCUT2D eigenvalue weighted by Crippen LogP contribution is -2.42. The van der Waals surface area contributed by atoms with Crippen molar-refractivity contribution in [2.24, 2.45) is 0 Å². The monoisotopic (exact) mass is 238 g/mol. The molecule has 0 radical (unpaired) electrons. The first kappa shape index (κ1) is 11.6. The largest absolute Gasteiger partial charge is 0.342 e. The minimum absolute atomic E-state index is 0.239. The maximum atomic E-state index is 11.8. The molecule has 2 heterocycles. The highest BCUT2D eigenvalue weighted by Gasteiger charge is 2.21. The Balaban J connectivity index is 1.99. The summed E-state index contributed by atoms with van der Waals surface area (Å²) < 4.78 is 0. The van der Waals surface area contributed by atoms with Gasteiger partial charge in [0.05, 0.1) is 17.1 Å². The third-order valence-electron chi connectivity index (χ3n) is 2.93. The van der Waals surface area contributed by atoms with E-state index in [4.69, 9.17) is 0 Å². The Morgan fingerprint density at radius 3 is 2.81 bits per heavy atom. The number of amides is 1. The lowest BCUT2D eigenvalue weighted by molar-refractivity contribution is -0.133. The molecule has 0 N–H and O–H groups in total. The first-order chi connectivity index (χ1) is 7.70. The van der Waals surface area contributed by atoms with E-state index in [9.17, 15) is 4.79 Å². The zero-order valence-corrected chi connectivity index (χ0v) is 10.8. The molecule has 0 unspecified atom stereocenters. The summed E-state index contributed by atoms with van der Waals surface area (Å²) in [6, 6.07) is 0. The van der Waals surface area contributed by atoms with Gasteiger partial charge in [-0.1, -0.05) is 6.92 Å². The summed E-state index contributed by atoms with van der Waals surface area (Å²) in [6.45, 7) is 6.09. The molecule has 3 nitrogen and oxygen atoms in total. The van der Waals surface area contributed by atoms with E-state index in [1.165, 1.54) is 9.88 Å². The molecule has 0 aliphatic carbocycles. The molecule has 1 saturated heterocycles. The standard InChI is InChI=1S/C12H18N2OS/c1-3-5-11-13-10(9(2)16-11)8-12(15)14-6-4-7-14/h3-8H2,1-2H3. The summed E-state index contributed by atoms with van der Waals surface area (Å²) in [7, 11) is 0. The van der Waals surface area contributed by atoms with Gasteiger partial charge in [0, 0.05) is 18.0 Å². The maximum Gasteiger partial charge on any atom is 0.228 e. The van der Waals surface area contributed by atoms with Crippen LogP contribution in [0.1, 0.15) is 35.3 Å². The lowest BCUT2D eigenvalue weighted by atomic mass is 10.2. The molecule has 0 spiro atoms. The average molecular weight is 238 g/mol. The van der Waals surface area contributed by atoms with Crippen LogP contribution < -0.4 is 0 Å². The first-order valence-electron chi connectivity index (χ1n) is 5.93. The molecule has 1 fully saturated rings. The zero-order chi connectivity index (χ0) is 11.5. The first-order valence-corrected chi connectivity index (χ1v) is 6.75. The van der Waals surface area contributed by atoms with Crippen LogP contribution in [-0.4, -0.2) is 28.9 Å². The predicted octanol–water partition coefficient (Wildman–Crippen LogP) is 2.18. The molecule has 88 valence electrons. The molecule has 0 aromatic carbocycles. The molecular formula is C12H18N2OS.